The van der Waals surface area contributed by atoms with Gasteiger partial charge in [0.25, 0.3) is 0 Å². The second-order valence-corrected chi connectivity index (χ2v) is 3.30. The lowest BCUT2D eigenvalue weighted by molar-refractivity contribution is 0.712. The Balaban J connectivity index is 2.62. The molecule has 0 atom stereocenters. The highest BCUT2D eigenvalue weighted by Gasteiger charge is 1.98. The smallest absolute Gasteiger partial charge is 0.183 e. The van der Waals surface area contributed by atoms with Crippen LogP contribution >= 0.6 is 11.8 Å². The monoisotopic (exact) mass is 209 g/mol. The number of nitrogens with one attached hydrogen (secondary N) is 1. The molecule has 1 aromatic heterocycles. The van der Waals surface area contributed by atoms with Gasteiger partial charge in [0.05, 0.1) is 12.2 Å². The molecule has 14 heavy (non-hydrogen) atoms. The Morgan fingerprint density at radius 2 is 2.64 bits per heavy atom. The minimum Gasteiger partial charge on any atom is -0.272 e. The molecule has 0 bridgehead atoms. The molecule has 0 aliphatic carbocycles. The van der Waals surface area contributed by atoms with E-state index in [4.69, 9.17) is 5.26 Å². The lowest BCUT2D eigenvalue weighted by Gasteiger charge is -2.00. The van der Waals surface area contributed by atoms with Gasteiger partial charge in [-0.25, -0.2) is 0 Å². The van der Waals surface area contributed by atoms with Gasteiger partial charge in [0, 0.05) is 13.2 Å². The Labute approximate surface area is 86.8 Å². The summed E-state index contributed by atoms with van der Waals surface area (Å²) < 4.78 is 1.76. The number of nitrogens with zero attached hydrogens (tertiary/aromatic N) is 4. The number of aromatic nitrogens is 2. The van der Waals surface area contributed by atoms with Gasteiger partial charge >= 0.3 is 0 Å². The molecule has 1 N–H and O–H groups in total. The molecule has 1 heterocycles. The van der Waals surface area contributed by atoms with Crippen molar-refractivity contribution in [3.05, 3.63) is 18.0 Å². The molecule has 5 nitrogen and oxygen atoms in total. The van der Waals surface area contributed by atoms with Gasteiger partial charge in [0.15, 0.2) is 11.4 Å². The van der Waals surface area contributed by atoms with E-state index in [1.54, 1.807) is 10.9 Å². The van der Waals surface area contributed by atoms with Crippen molar-refractivity contribution >= 4 is 16.9 Å². The van der Waals surface area contributed by atoms with Crippen LogP contribution in [0.4, 0.5) is 0 Å². The highest BCUT2D eigenvalue weighted by molar-refractivity contribution is 8.13. The van der Waals surface area contributed by atoms with Crippen LogP contribution in [0.5, 0.6) is 0 Å². The van der Waals surface area contributed by atoms with Crippen molar-refractivity contribution in [2.24, 2.45) is 12.0 Å². The quantitative estimate of drug-likeness (QED) is 0.337. The van der Waals surface area contributed by atoms with Gasteiger partial charge in [-0.2, -0.15) is 10.4 Å². The summed E-state index contributed by atoms with van der Waals surface area (Å²) in [6, 6.07) is 1.90. The van der Waals surface area contributed by atoms with Gasteiger partial charge < -0.3 is 0 Å². The second-order valence-electron chi connectivity index (χ2n) is 2.51. The van der Waals surface area contributed by atoms with Crippen LogP contribution in [0.2, 0.25) is 0 Å². The lowest BCUT2D eigenvalue weighted by Crippen LogP contribution is -2.13. The summed E-state index contributed by atoms with van der Waals surface area (Å²) in [5.74, 6) is 0. The summed E-state index contributed by atoms with van der Waals surface area (Å²) in [6.07, 6.45) is 5.43. The Morgan fingerprint density at radius 3 is 3.14 bits per heavy atom. The van der Waals surface area contributed by atoms with Gasteiger partial charge in [-0.15, -0.1) is 0 Å². The second kappa shape index (κ2) is 5.29. The van der Waals surface area contributed by atoms with E-state index in [1.165, 1.54) is 11.8 Å². The van der Waals surface area contributed by atoms with E-state index in [0.717, 1.165) is 5.69 Å². The van der Waals surface area contributed by atoms with Crippen molar-refractivity contribution in [2.45, 2.75) is 6.54 Å². The first-order chi connectivity index (χ1) is 6.77. The van der Waals surface area contributed by atoms with Crippen LogP contribution in [-0.4, -0.2) is 21.2 Å². The Morgan fingerprint density at radius 1 is 1.86 bits per heavy atom. The number of nitriles is 1. The van der Waals surface area contributed by atoms with Crippen molar-refractivity contribution < 1.29 is 0 Å². The summed E-state index contributed by atoms with van der Waals surface area (Å²) in [4.78, 5) is 4.22. The van der Waals surface area contributed by atoms with E-state index in [9.17, 15) is 0 Å². The Hall–Kier alpha value is -1.48. The molecule has 0 aromatic carbocycles. The van der Waals surface area contributed by atoms with Gasteiger partial charge in [-0.3, -0.25) is 15.0 Å². The number of thioether (sulfide) groups is 1. The third-order valence-electron chi connectivity index (χ3n) is 1.66. The van der Waals surface area contributed by atoms with Gasteiger partial charge in [-0.05, 0) is 12.3 Å². The predicted molar refractivity (Wildman–Crippen MR) is 56.6 cm³/mol. The largest absolute Gasteiger partial charge is 0.272 e. The van der Waals surface area contributed by atoms with Gasteiger partial charge in [-0.1, -0.05) is 11.8 Å². The molecule has 0 spiro atoms. The number of hydrogen-bond donors (Lipinski definition) is 1. The van der Waals surface area contributed by atoms with Gasteiger partial charge in [0.2, 0.25) is 0 Å². The van der Waals surface area contributed by atoms with Crippen molar-refractivity contribution in [1.82, 2.24) is 15.1 Å². The van der Waals surface area contributed by atoms with E-state index in [2.05, 4.69) is 15.4 Å². The van der Waals surface area contributed by atoms with Crippen molar-refractivity contribution in [3.8, 4) is 6.19 Å². The zero-order chi connectivity index (χ0) is 10.4. The lowest BCUT2D eigenvalue weighted by atomic mass is 10.4. The Bertz CT molecular complexity index is 362. The summed E-state index contributed by atoms with van der Waals surface area (Å²) in [5.41, 5.74) is 1.01. The third-order valence-corrected chi connectivity index (χ3v) is 2.28. The predicted octanol–water partition coefficient (Wildman–Crippen LogP) is 0.710. The highest BCUT2D eigenvalue weighted by atomic mass is 32.2. The van der Waals surface area contributed by atoms with E-state index in [-0.39, 0.29) is 0 Å². The minimum atomic E-state index is 0.529. The molecule has 74 valence electrons. The van der Waals surface area contributed by atoms with E-state index >= 15 is 0 Å². The number of amidine groups is 1. The molecule has 1 rings (SSSR count). The molecule has 0 saturated carbocycles. The molecule has 0 saturated heterocycles. The fourth-order valence-corrected chi connectivity index (χ4v) is 1.25. The molecule has 1 aromatic rings. The van der Waals surface area contributed by atoms with Crippen LogP contribution in [-0.2, 0) is 13.6 Å². The van der Waals surface area contributed by atoms with Crippen LogP contribution in [0.3, 0.4) is 0 Å². The maximum absolute atomic E-state index is 8.41. The maximum Gasteiger partial charge on any atom is 0.183 e. The molecule has 0 radical (unpaired) electrons. The number of aryl methyl sites for hydroxylation is 1. The van der Waals surface area contributed by atoms with Gasteiger partial charge in [0.1, 0.15) is 0 Å². The number of rotatable bonds is 2. The molecule has 0 amide bonds. The summed E-state index contributed by atoms with van der Waals surface area (Å²) in [5, 5.41) is 15.6. The standard InChI is InChI=1S/C8H11N5S/c1-13-7(3-4-12-13)5-10-8(14-2)11-6-9/h3-4H,5H2,1-2H3,(H,10,11). The first kappa shape index (κ1) is 10.6. The van der Waals surface area contributed by atoms with Crippen molar-refractivity contribution in [1.29, 1.82) is 5.26 Å². The van der Waals surface area contributed by atoms with E-state index in [0.29, 0.717) is 11.7 Å². The van der Waals surface area contributed by atoms with Crippen LogP contribution in [0.25, 0.3) is 0 Å². The molecule has 6 heteroatoms. The third kappa shape index (κ3) is 2.78. The number of aliphatic imine (C=N–C) groups is 1. The average Bonchev–Trinajstić information content (AvgIpc) is 2.59. The van der Waals surface area contributed by atoms with Crippen molar-refractivity contribution in [2.75, 3.05) is 6.26 Å². The summed E-state index contributed by atoms with van der Waals surface area (Å²) >= 11 is 1.41. The van der Waals surface area contributed by atoms with E-state index in [1.807, 2.05) is 25.6 Å². The maximum atomic E-state index is 8.41. The van der Waals surface area contributed by atoms with Crippen LogP contribution in [0.15, 0.2) is 17.3 Å². The zero-order valence-electron chi connectivity index (χ0n) is 8.06. The highest BCUT2D eigenvalue weighted by Crippen LogP contribution is 2.01. The van der Waals surface area contributed by atoms with Crippen LogP contribution in [0.1, 0.15) is 5.69 Å². The summed E-state index contributed by atoms with van der Waals surface area (Å²) in [6.45, 7) is 0.529. The SMILES string of the molecule is CSC(=NCc1ccnn1C)NC#N. The van der Waals surface area contributed by atoms with E-state index < -0.39 is 0 Å². The minimum absolute atomic E-state index is 0.529. The normalized spacial score (nSPS) is 11.1. The first-order valence-corrected chi connectivity index (χ1v) is 5.21. The first-order valence-electron chi connectivity index (χ1n) is 3.98. The van der Waals surface area contributed by atoms with Crippen molar-refractivity contribution in [3.63, 3.8) is 0 Å². The molecule has 0 aliphatic heterocycles. The van der Waals surface area contributed by atoms with Crippen LogP contribution < -0.4 is 5.32 Å². The molecule has 0 fully saturated rings. The number of hydrogen-bond acceptors (Lipinski definition) is 4. The summed E-state index contributed by atoms with van der Waals surface area (Å²) in [7, 11) is 1.86. The van der Waals surface area contributed by atoms with Crippen LogP contribution in [0, 0.1) is 11.5 Å². The zero-order valence-corrected chi connectivity index (χ0v) is 8.88. The topological polar surface area (TPSA) is 66.0 Å². The Kier molecular flexibility index (Phi) is 4.01. The molecular weight excluding hydrogens is 198 g/mol. The fourth-order valence-electron chi connectivity index (χ4n) is 0.912. The fraction of sp³-hybridized carbons (Fsp3) is 0.375. The molecule has 0 aliphatic rings. The molecular formula is C8H11N5S. The average molecular weight is 209 g/mol. The molecule has 0 unspecified atom stereocenters.